The van der Waals surface area contributed by atoms with E-state index >= 15 is 0 Å². The molecule has 1 heterocycles. The van der Waals surface area contributed by atoms with Crippen molar-refractivity contribution in [3.63, 3.8) is 0 Å². The number of carbonyl (C=O) groups is 2. The molecule has 2 aromatic carbocycles. The third-order valence-corrected chi connectivity index (χ3v) is 4.67. The van der Waals surface area contributed by atoms with Crippen LogP contribution in [-0.4, -0.2) is 16.8 Å². The molecule has 0 atom stereocenters. The molecule has 0 fully saturated rings. The number of para-hydroxylation sites is 1. The molecule has 0 radical (unpaired) electrons. The van der Waals surface area contributed by atoms with Crippen molar-refractivity contribution in [1.82, 2.24) is 10.3 Å². The number of hydrogen-bond acceptors (Lipinski definition) is 4. The highest BCUT2D eigenvalue weighted by Crippen LogP contribution is 2.30. The van der Waals surface area contributed by atoms with Crippen LogP contribution in [0, 0.1) is 5.82 Å². The largest absolute Gasteiger partial charge is 0.348 e. The number of hydrogen-bond donors (Lipinski definition) is 1. The van der Waals surface area contributed by atoms with Crippen molar-refractivity contribution in [2.75, 3.05) is 4.90 Å². The van der Waals surface area contributed by atoms with Gasteiger partial charge in [0.15, 0.2) is 5.13 Å². The first-order chi connectivity index (χ1) is 13.5. The lowest BCUT2D eigenvalue weighted by Crippen LogP contribution is -2.23. The minimum absolute atomic E-state index is 0.139. The first-order valence-electron chi connectivity index (χ1n) is 8.55. The Hall–Kier alpha value is -3.32. The maximum Gasteiger partial charge on any atom is 0.244 e. The number of amides is 2. The summed E-state index contributed by atoms with van der Waals surface area (Å²) in [7, 11) is 0. The van der Waals surface area contributed by atoms with Crippen LogP contribution in [0.3, 0.4) is 0 Å². The fraction of sp³-hybridized carbons (Fsp3) is 0.0952. The molecule has 0 saturated heterocycles. The van der Waals surface area contributed by atoms with Gasteiger partial charge in [-0.15, -0.1) is 11.3 Å². The number of benzene rings is 2. The Morgan fingerprint density at radius 3 is 2.57 bits per heavy atom. The Labute approximate surface area is 166 Å². The SMILES string of the molecule is CC(=O)N(c1nc(/C=C/C(=O)NCc2ccccc2)cs1)c1ccccc1F. The summed E-state index contributed by atoms with van der Waals surface area (Å²) < 4.78 is 14.1. The summed E-state index contributed by atoms with van der Waals surface area (Å²) in [5, 5.41) is 4.82. The maximum absolute atomic E-state index is 14.1. The number of rotatable bonds is 6. The van der Waals surface area contributed by atoms with Crippen LogP contribution in [0.5, 0.6) is 0 Å². The van der Waals surface area contributed by atoms with Crippen molar-refractivity contribution in [1.29, 1.82) is 0 Å². The second-order valence-corrected chi connectivity index (χ2v) is 6.73. The molecule has 0 unspecified atom stereocenters. The van der Waals surface area contributed by atoms with Crippen LogP contribution in [0.15, 0.2) is 66.1 Å². The molecule has 0 saturated carbocycles. The molecule has 0 aliphatic heterocycles. The number of thiazole rings is 1. The third kappa shape index (κ3) is 4.89. The number of anilines is 2. The van der Waals surface area contributed by atoms with E-state index < -0.39 is 5.82 Å². The number of aromatic nitrogens is 1. The van der Waals surface area contributed by atoms with E-state index in [2.05, 4.69) is 10.3 Å². The van der Waals surface area contributed by atoms with Gasteiger partial charge in [-0.1, -0.05) is 42.5 Å². The van der Waals surface area contributed by atoms with E-state index in [9.17, 15) is 14.0 Å². The molecule has 0 aliphatic rings. The van der Waals surface area contributed by atoms with Crippen molar-refractivity contribution in [3.05, 3.63) is 83.1 Å². The molecule has 0 bridgehead atoms. The molecule has 0 aliphatic carbocycles. The first kappa shape index (κ1) is 19.4. The van der Waals surface area contributed by atoms with Gasteiger partial charge in [0.25, 0.3) is 0 Å². The van der Waals surface area contributed by atoms with E-state index in [4.69, 9.17) is 0 Å². The van der Waals surface area contributed by atoms with Crippen LogP contribution in [0.4, 0.5) is 15.2 Å². The Balaban J connectivity index is 1.68. The molecule has 0 spiro atoms. The topological polar surface area (TPSA) is 62.3 Å². The van der Waals surface area contributed by atoms with E-state index in [1.165, 1.54) is 41.4 Å². The summed E-state index contributed by atoms with van der Waals surface area (Å²) in [5.41, 5.74) is 1.65. The predicted molar refractivity (Wildman–Crippen MR) is 109 cm³/mol. The zero-order chi connectivity index (χ0) is 19.9. The van der Waals surface area contributed by atoms with E-state index in [0.717, 1.165) is 5.56 Å². The highest BCUT2D eigenvalue weighted by atomic mass is 32.1. The van der Waals surface area contributed by atoms with Crippen LogP contribution >= 0.6 is 11.3 Å². The van der Waals surface area contributed by atoms with Crippen molar-refractivity contribution in [3.8, 4) is 0 Å². The summed E-state index contributed by atoms with van der Waals surface area (Å²) in [5.74, 6) is -1.11. The lowest BCUT2D eigenvalue weighted by molar-refractivity contribution is -0.117. The molecule has 28 heavy (non-hydrogen) atoms. The average molecular weight is 395 g/mol. The molecule has 3 aromatic rings. The lowest BCUT2D eigenvalue weighted by Gasteiger charge is -2.18. The van der Waals surface area contributed by atoms with E-state index in [-0.39, 0.29) is 17.5 Å². The molecule has 142 valence electrons. The first-order valence-corrected chi connectivity index (χ1v) is 9.43. The van der Waals surface area contributed by atoms with Gasteiger partial charge in [0.1, 0.15) is 5.82 Å². The average Bonchev–Trinajstić information content (AvgIpc) is 3.15. The summed E-state index contributed by atoms with van der Waals surface area (Å²) in [6.07, 6.45) is 2.93. The molecule has 3 rings (SSSR count). The highest BCUT2D eigenvalue weighted by Gasteiger charge is 2.20. The van der Waals surface area contributed by atoms with Gasteiger partial charge in [-0.3, -0.25) is 14.5 Å². The van der Waals surface area contributed by atoms with Gasteiger partial charge in [-0.05, 0) is 23.8 Å². The molecule has 2 amide bonds. The van der Waals surface area contributed by atoms with Gasteiger partial charge < -0.3 is 5.32 Å². The number of nitrogens with zero attached hydrogens (tertiary/aromatic N) is 2. The van der Waals surface area contributed by atoms with Crippen LogP contribution in [0.1, 0.15) is 18.2 Å². The Kier molecular flexibility index (Phi) is 6.29. The zero-order valence-electron chi connectivity index (χ0n) is 15.1. The smallest absolute Gasteiger partial charge is 0.244 e. The van der Waals surface area contributed by atoms with Crippen LogP contribution < -0.4 is 10.2 Å². The Morgan fingerprint density at radius 2 is 1.86 bits per heavy atom. The minimum Gasteiger partial charge on any atom is -0.348 e. The second kappa shape index (κ2) is 9.05. The van der Waals surface area contributed by atoms with Gasteiger partial charge in [0, 0.05) is 24.9 Å². The second-order valence-electron chi connectivity index (χ2n) is 5.90. The molecule has 1 N–H and O–H groups in total. The monoisotopic (exact) mass is 395 g/mol. The summed E-state index contributed by atoms with van der Waals surface area (Å²) in [4.78, 5) is 29.5. The Morgan fingerprint density at radius 1 is 1.14 bits per heavy atom. The predicted octanol–water partition coefficient (Wildman–Crippen LogP) is 4.30. The maximum atomic E-state index is 14.1. The van der Waals surface area contributed by atoms with Gasteiger partial charge in [0.05, 0.1) is 11.4 Å². The zero-order valence-corrected chi connectivity index (χ0v) is 15.9. The van der Waals surface area contributed by atoms with Crippen molar-refractivity contribution >= 4 is 40.0 Å². The fourth-order valence-corrected chi connectivity index (χ4v) is 3.35. The lowest BCUT2D eigenvalue weighted by atomic mass is 10.2. The van der Waals surface area contributed by atoms with Gasteiger partial charge >= 0.3 is 0 Å². The fourth-order valence-electron chi connectivity index (χ4n) is 2.50. The number of carbonyl (C=O) groups excluding carboxylic acids is 2. The third-order valence-electron chi connectivity index (χ3n) is 3.82. The standard InChI is InChI=1S/C21H18FN3O2S/c1-15(26)25(19-10-6-5-9-18(19)22)21-24-17(14-28-21)11-12-20(27)23-13-16-7-3-2-4-8-16/h2-12,14H,13H2,1H3,(H,23,27)/b12-11+. The highest BCUT2D eigenvalue weighted by molar-refractivity contribution is 7.14. The summed E-state index contributed by atoms with van der Waals surface area (Å²) in [6, 6.07) is 15.6. The molecule has 5 nitrogen and oxygen atoms in total. The molecule has 1 aromatic heterocycles. The minimum atomic E-state index is -0.509. The number of halogens is 1. The Bertz CT molecular complexity index is 1000. The van der Waals surface area contributed by atoms with Gasteiger partial charge in [0.2, 0.25) is 11.8 Å². The molecular formula is C21H18FN3O2S. The molecular weight excluding hydrogens is 377 g/mol. The van der Waals surface area contributed by atoms with Crippen LogP contribution in [-0.2, 0) is 16.1 Å². The van der Waals surface area contributed by atoms with Crippen molar-refractivity contribution < 1.29 is 14.0 Å². The van der Waals surface area contributed by atoms with Crippen molar-refractivity contribution in [2.45, 2.75) is 13.5 Å². The van der Waals surface area contributed by atoms with Crippen LogP contribution in [0.2, 0.25) is 0 Å². The van der Waals surface area contributed by atoms with Gasteiger partial charge in [-0.25, -0.2) is 9.37 Å². The van der Waals surface area contributed by atoms with E-state index in [1.54, 1.807) is 23.6 Å². The van der Waals surface area contributed by atoms with Crippen LogP contribution in [0.25, 0.3) is 6.08 Å². The molecule has 7 heteroatoms. The van der Waals surface area contributed by atoms with E-state index in [0.29, 0.717) is 17.4 Å². The quantitative estimate of drug-likeness (QED) is 0.633. The summed E-state index contributed by atoms with van der Waals surface area (Å²) >= 11 is 1.20. The van der Waals surface area contributed by atoms with E-state index in [1.807, 2.05) is 30.3 Å². The van der Waals surface area contributed by atoms with Gasteiger partial charge in [-0.2, -0.15) is 0 Å². The summed E-state index contributed by atoms with van der Waals surface area (Å²) in [6.45, 7) is 1.78. The van der Waals surface area contributed by atoms with Crippen molar-refractivity contribution in [2.24, 2.45) is 0 Å². The normalized spacial score (nSPS) is 10.8. The number of nitrogens with one attached hydrogen (secondary N) is 1.